The summed E-state index contributed by atoms with van der Waals surface area (Å²) in [5.41, 5.74) is 0.979. The summed E-state index contributed by atoms with van der Waals surface area (Å²) in [6.45, 7) is 5.05. The average molecular weight is 379 g/mol. The quantitative estimate of drug-likeness (QED) is 0.780. The Bertz CT molecular complexity index is 748. The fraction of sp³-hybridized carbons (Fsp3) is 0.556. The molecule has 146 valence electrons. The molecule has 1 aromatic heterocycles. The Kier molecular flexibility index (Phi) is 6.44. The highest BCUT2D eigenvalue weighted by atomic mass is 19.3. The van der Waals surface area contributed by atoms with Gasteiger partial charge in [-0.1, -0.05) is 13.8 Å². The van der Waals surface area contributed by atoms with Crippen molar-refractivity contribution < 1.29 is 18.4 Å². The van der Waals surface area contributed by atoms with Crippen LogP contribution in [0, 0.1) is 11.3 Å². The smallest absolute Gasteiger partial charge is 0.268 e. The van der Waals surface area contributed by atoms with Gasteiger partial charge in [0.2, 0.25) is 5.91 Å². The van der Waals surface area contributed by atoms with E-state index >= 15 is 0 Å². The molecule has 7 nitrogen and oxygen atoms in total. The summed E-state index contributed by atoms with van der Waals surface area (Å²) >= 11 is 0. The standard InChI is InChI=1S/C18H23F2N5O2/c1-11(2)23-9-14-6-13(4-5-22-14)16(26)24-12(3)17(27)25-10-18(19,20)7-15(25)8-21/h4-6,11-12,15,23H,7,9-10H2,1-3H3,(H,24,26)/t12-,15-/m0/s1. The monoisotopic (exact) mass is 379 g/mol. The number of hydrogen-bond donors (Lipinski definition) is 2. The van der Waals surface area contributed by atoms with Crippen LogP contribution in [0.2, 0.25) is 0 Å². The lowest BCUT2D eigenvalue weighted by atomic mass is 10.1. The number of aromatic nitrogens is 1. The van der Waals surface area contributed by atoms with Crippen LogP contribution >= 0.6 is 0 Å². The number of carbonyl (C=O) groups is 2. The minimum Gasteiger partial charge on any atom is -0.341 e. The van der Waals surface area contributed by atoms with Crippen LogP contribution in [0.15, 0.2) is 18.3 Å². The largest absolute Gasteiger partial charge is 0.341 e. The van der Waals surface area contributed by atoms with E-state index in [1.165, 1.54) is 19.2 Å². The lowest BCUT2D eigenvalue weighted by molar-refractivity contribution is -0.134. The Labute approximate surface area is 156 Å². The van der Waals surface area contributed by atoms with E-state index in [1.807, 2.05) is 13.8 Å². The number of amides is 2. The van der Waals surface area contributed by atoms with E-state index in [2.05, 4.69) is 15.6 Å². The van der Waals surface area contributed by atoms with Gasteiger partial charge in [0.25, 0.3) is 11.8 Å². The van der Waals surface area contributed by atoms with Gasteiger partial charge in [-0.2, -0.15) is 5.26 Å². The van der Waals surface area contributed by atoms with Gasteiger partial charge in [0.1, 0.15) is 12.1 Å². The number of likely N-dealkylation sites (tertiary alicyclic amines) is 1. The van der Waals surface area contributed by atoms with Crippen molar-refractivity contribution in [3.05, 3.63) is 29.6 Å². The zero-order chi connectivity index (χ0) is 20.2. The molecule has 1 aliphatic rings. The van der Waals surface area contributed by atoms with Crippen molar-refractivity contribution in [3.8, 4) is 6.07 Å². The van der Waals surface area contributed by atoms with Crippen molar-refractivity contribution in [2.24, 2.45) is 0 Å². The molecule has 9 heteroatoms. The summed E-state index contributed by atoms with van der Waals surface area (Å²) < 4.78 is 27.0. The Morgan fingerprint density at radius 2 is 2.15 bits per heavy atom. The number of nitrogens with zero attached hydrogens (tertiary/aromatic N) is 3. The zero-order valence-corrected chi connectivity index (χ0v) is 15.5. The van der Waals surface area contributed by atoms with Crippen molar-refractivity contribution in [1.82, 2.24) is 20.5 Å². The summed E-state index contributed by atoms with van der Waals surface area (Å²) in [5, 5.41) is 14.7. The second-order valence-corrected chi connectivity index (χ2v) is 6.94. The fourth-order valence-corrected chi connectivity index (χ4v) is 2.78. The van der Waals surface area contributed by atoms with E-state index in [1.54, 1.807) is 12.1 Å². The summed E-state index contributed by atoms with van der Waals surface area (Å²) in [7, 11) is 0. The topological polar surface area (TPSA) is 98.1 Å². The lowest BCUT2D eigenvalue weighted by Gasteiger charge is -2.23. The van der Waals surface area contributed by atoms with Gasteiger partial charge in [0, 0.05) is 30.8 Å². The van der Waals surface area contributed by atoms with Crippen LogP contribution in [0.1, 0.15) is 43.2 Å². The molecule has 0 bridgehead atoms. The Morgan fingerprint density at radius 1 is 1.44 bits per heavy atom. The first-order chi connectivity index (χ1) is 12.6. The molecular formula is C18H23F2N5O2. The Morgan fingerprint density at radius 3 is 2.78 bits per heavy atom. The number of rotatable bonds is 6. The molecule has 2 atom stereocenters. The van der Waals surface area contributed by atoms with Gasteiger partial charge in [0.05, 0.1) is 18.3 Å². The average Bonchev–Trinajstić information content (AvgIpc) is 2.94. The van der Waals surface area contributed by atoms with E-state index in [0.29, 0.717) is 17.8 Å². The van der Waals surface area contributed by atoms with Crippen LogP contribution in [0.5, 0.6) is 0 Å². The van der Waals surface area contributed by atoms with Crippen molar-refractivity contribution in [1.29, 1.82) is 5.26 Å². The summed E-state index contributed by atoms with van der Waals surface area (Å²) in [6.07, 6.45) is 0.804. The number of alkyl halides is 2. The van der Waals surface area contributed by atoms with Gasteiger partial charge < -0.3 is 15.5 Å². The van der Waals surface area contributed by atoms with Gasteiger partial charge >= 0.3 is 0 Å². The molecular weight excluding hydrogens is 356 g/mol. The first-order valence-corrected chi connectivity index (χ1v) is 8.70. The van der Waals surface area contributed by atoms with Crippen LogP contribution in [0.25, 0.3) is 0 Å². The van der Waals surface area contributed by atoms with E-state index < -0.39 is 42.8 Å². The maximum atomic E-state index is 13.5. The second kappa shape index (κ2) is 8.39. The Balaban J connectivity index is 2.02. The third-order valence-corrected chi connectivity index (χ3v) is 4.19. The first-order valence-electron chi connectivity index (χ1n) is 8.70. The van der Waals surface area contributed by atoms with Gasteiger partial charge in [-0.25, -0.2) is 8.78 Å². The molecule has 0 aromatic carbocycles. The highest BCUT2D eigenvalue weighted by molar-refractivity contribution is 5.97. The molecule has 1 aromatic rings. The van der Waals surface area contributed by atoms with Crippen LogP contribution in [-0.2, 0) is 11.3 Å². The molecule has 1 saturated heterocycles. The van der Waals surface area contributed by atoms with Gasteiger partial charge in [-0.3, -0.25) is 14.6 Å². The normalized spacial score (nSPS) is 19.6. The number of nitrogens with one attached hydrogen (secondary N) is 2. The summed E-state index contributed by atoms with van der Waals surface area (Å²) in [4.78, 5) is 29.8. The third kappa shape index (κ3) is 5.44. The molecule has 0 unspecified atom stereocenters. The molecule has 0 spiro atoms. The number of nitriles is 1. The minimum absolute atomic E-state index is 0.258. The van der Waals surface area contributed by atoms with Crippen LogP contribution < -0.4 is 10.6 Å². The van der Waals surface area contributed by atoms with E-state index in [9.17, 15) is 18.4 Å². The van der Waals surface area contributed by atoms with E-state index in [-0.39, 0.29) is 6.04 Å². The lowest BCUT2D eigenvalue weighted by Crippen LogP contribution is -2.48. The number of pyridine rings is 1. The number of halogens is 2. The maximum absolute atomic E-state index is 13.5. The van der Waals surface area contributed by atoms with E-state index in [0.717, 1.165) is 4.90 Å². The fourth-order valence-electron chi connectivity index (χ4n) is 2.78. The molecule has 1 fully saturated rings. The van der Waals surface area contributed by atoms with Crippen molar-refractivity contribution in [2.45, 2.75) is 57.8 Å². The SMILES string of the molecule is CC(C)NCc1cc(C(=O)N[C@@H](C)C(=O)N2CC(F)(F)C[C@H]2C#N)ccn1. The second-order valence-electron chi connectivity index (χ2n) is 6.94. The highest BCUT2D eigenvalue weighted by Gasteiger charge is 2.48. The predicted octanol–water partition coefficient (Wildman–Crippen LogP) is 1.46. The minimum atomic E-state index is -3.09. The predicted molar refractivity (Wildman–Crippen MR) is 93.8 cm³/mol. The maximum Gasteiger partial charge on any atom is 0.268 e. The van der Waals surface area contributed by atoms with Crippen LogP contribution in [-0.4, -0.2) is 52.3 Å². The van der Waals surface area contributed by atoms with Crippen molar-refractivity contribution >= 4 is 11.8 Å². The van der Waals surface area contributed by atoms with Gasteiger partial charge in [-0.15, -0.1) is 0 Å². The molecule has 2 rings (SSSR count). The molecule has 0 radical (unpaired) electrons. The zero-order valence-electron chi connectivity index (χ0n) is 15.5. The molecule has 27 heavy (non-hydrogen) atoms. The van der Waals surface area contributed by atoms with Crippen LogP contribution in [0.4, 0.5) is 8.78 Å². The highest BCUT2D eigenvalue weighted by Crippen LogP contribution is 2.32. The third-order valence-electron chi connectivity index (χ3n) is 4.19. The molecule has 0 saturated carbocycles. The number of hydrogen-bond acceptors (Lipinski definition) is 5. The Hall–Kier alpha value is -2.60. The molecule has 1 aliphatic heterocycles. The van der Waals surface area contributed by atoms with Gasteiger partial charge in [0.15, 0.2) is 0 Å². The van der Waals surface area contributed by atoms with E-state index in [4.69, 9.17) is 5.26 Å². The summed E-state index contributed by atoms with van der Waals surface area (Å²) in [6, 6.07) is 2.86. The van der Waals surface area contributed by atoms with Crippen molar-refractivity contribution in [2.75, 3.05) is 6.54 Å². The molecule has 0 aliphatic carbocycles. The first kappa shape index (κ1) is 20.7. The van der Waals surface area contributed by atoms with Crippen molar-refractivity contribution in [3.63, 3.8) is 0 Å². The number of carbonyl (C=O) groups excluding carboxylic acids is 2. The molecule has 2 heterocycles. The van der Waals surface area contributed by atoms with Gasteiger partial charge in [-0.05, 0) is 19.1 Å². The van der Waals surface area contributed by atoms with Crippen LogP contribution in [0.3, 0.4) is 0 Å². The summed E-state index contributed by atoms with van der Waals surface area (Å²) in [5.74, 6) is -4.31. The molecule has 2 N–H and O–H groups in total. The molecule has 2 amide bonds.